The number of rotatable bonds is 4. The number of aliphatic hydroxyl groups is 1. The van der Waals surface area contributed by atoms with E-state index in [1.54, 1.807) is 30.3 Å². The van der Waals surface area contributed by atoms with Crippen molar-refractivity contribution in [1.29, 1.82) is 0 Å². The first-order valence-corrected chi connectivity index (χ1v) is 10.5. The highest BCUT2D eigenvalue weighted by Crippen LogP contribution is 2.43. The van der Waals surface area contributed by atoms with E-state index in [4.69, 9.17) is 0 Å². The minimum Gasteiger partial charge on any atom is -0.507 e. The van der Waals surface area contributed by atoms with E-state index in [-0.39, 0.29) is 16.5 Å². The van der Waals surface area contributed by atoms with Gasteiger partial charge in [-0.05, 0) is 24.0 Å². The molecule has 0 spiro atoms. The highest BCUT2D eigenvalue weighted by Gasteiger charge is 2.48. The van der Waals surface area contributed by atoms with Gasteiger partial charge in [-0.1, -0.05) is 65.6 Å². The van der Waals surface area contributed by atoms with E-state index in [9.17, 15) is 19.1 Å². The van der Waals surface area contributed by atoms with Gasteiger partial charge in [0.15, 0.2) is 4.34 Å². The Kier molecular flexibility index (Phi) is 5.16. The van der Waals surface area contributed by atoms with Crippen molar-refractivity contribution in [1.82, 2.24) is 10.2 Å². The maximum absolute atomic E-state index is 13.5. The molecule has 3 aromatic rings. The van der Waals surface area contributed by atoms with Gasteiger partial charge < -0.3 is 5.11 Å². The minimum atomic E-state index is -0.946. The zero-order valence-electron chi connectivity index (χ0n) is 15.1. The lowest BCUT2D eigenvalue weighted by molar-refractivity contribution is -0.132. The summed E-state index contributed by atoms with van der Waals surface area (Å²) in [6.45, 7) is 0. The molecule has 4 rings (SSSR count). The second-order valence-electron chi connectivity index (χ2n) is 6.14. The number of Topliss-reactive ketones (excluding diaryl/α,β-unsaturated/α-hetero) is 1. The highest BCUT2D eigenvalue weighted by atomic mass is 32.2. The Bertz CT molecular complexity index is 1110. The molecule has 1 aliphatic heterocycles. The van der Waals surface area contributed by atoms with Crippen molar-refractivity contribution in [2.24, 2.45) is 0 Å². The van der Waals surface area contributed by atoms with Crippen molar-refractivity contribution in [3.8, 4) is 0 Å². The summed E-state index contributed by atoms with van der Waals surface area (Å²) in [6, 6.07) is 13.0. The number of carbonyl (C=O) groups is 2. The number of aliphatic hydroxyl groups excluding tert-OH is 1. The zero-order chi connectivity index (χ0) is 20.5. The molecule has 1 N–H and O–H groups in total. The van der Waals surface area contributed by atoms with Gasteiger partial charge in [-0.3, -0.25) is 14.5 Å². The fraction of sp³-hybridized carbons (Fsp3) is 0.100. The van der Waals surface area contributed by atoms with Crippen LogP contribution in [0.15, 0.2) is 64.5 Å². The number of aromatic nitrogens is 2. The number of carbonyl (C=O) groups excluding carboxylic acids is 2. The van der Waals surface area contributed by atoms with E-state index in [0.29, 0.717) is 15.5 Å². The molecule has 0 aliphatic carbocycles. The quantitative estimate of drug-likeness (QED) is 0.223. The predicted octanol–water partition coefficient (Wildman–Crippen LogP) is 4.03. The molecular weight excluding hydrogens is 413 g/mol. The molecule has 1 aromatic heterocycles. The number of amides is 1. The fourth-order valence-corrected chi connectivity index (χ4v) is 4.41. The van der Waals surface area contributed by atoms with Crippen molar-refractivity contribution >= 4 is 45.7 Å². The Morgan fingerprint density at radius 2 is 1.79 bits per heavy atom. The summed E-state index contributed by atoms with van der Waals surface area (Å²) < 4.78 is 14.1. The number of ketones is 1. The van der Waals surface area contributed by atoms with Crippen LogP contribution in [0.1, 0.15) is 17.2 Å². The van der Waals surface area contributed by atoms with Gasteiger partial charge in [-0.25, -0.2) is 4.39 Å². The van der Waals surface area contributed by atoms with Crippen LogP contribution in [-0.4, -0.2) is 33.3 Å². The molecule has 2 aromatic carbocycles. The van der Waals surface area contributed by atoms with Gasteiger partial charge in [-0.2, -0.15) is 0 Å². The molecule has 2 heterocycles. The van der Waals surface area contributed by atoms with Gasteiger partial charge in [-0.15, -0.1) is 10.2 Å². The normalized spacial score (nSPS) is 18.4. The summed E-state index contributed by atoms with van der Waals surface area (Å²) in [7, 11) is 0. The lowest BCUT2D eigenvalue weighted by Gasteiger charge is -2.22. The average molecular weight is 427 g/mol. The van der Waals surface area contributed by atoms with Gasteiger partial charge in [0.2, 0.25) is 5.13 Å². The van der Waals surface area contributed by atoms with E-state index in [2.05, 4.69) is 10.2 Å². The fourth-order valence-electron chi connectivity index (χ4n) is 3.12. The van der Waals surface area contributed by atoms with E-state index in [1.807, 2.05) is 6.26 Å². The van der Waals surface area contributed by atoms with E-state index < -0.39 is 23.5 Å². The summed E-state index contributed by atoms with van der Waals surface area (Å²) in [5, 5.41) is 19.1. The van der Waals surface area contributed by atoms with Crippen LogP contribution in [0, 0.1) is 5.82 Å². The van der Waals surface area contributed by atoms with Crippen LogP contribution in [0.3, 0.4) is 0 Å². The lowest BCUT2D eigenvalue weighted by Crippen LogP contribution is -2.29. The van der Waals surface area contributed by atoms with Crippen LogP contribution in [0.25, 0.3) is 5.76 Å². The van der Waals surface area contributed by atoms with Gasteiger partial charge in [0, 0.05) is 5.56 Å². The summed E-state index contributed by atoms with van der Waals surface area (Å²) in [6.07, 6.45) is 1.82. The zero-order valence-corrected chi connectivity index (χ0v) is 16.7. The van der Waals surface area contributed by atoms with Gasteiger partial charge >= 0.3 is 5.91 Å². The van der Waals surface area contributed by atoms with E-state index in [0.717, 1.165) is 11.3 Å². The third kappa shape index (κ3) is 3.43. The Morgan fingerprint density at radius 1 is 1.10 bits per heavy atom. The summed E-state index contributed by atoms with van der Waals surface area (Å²) in [4.78, 5) is 27.0. The molecule has 1 fully saturated rings. The van der Waals surface area contributed by atoms with E-state index in [1.165, 1.54) is 40.9 Å². The molecule has 146 valence electrons. The van der Waals surface area contributed by atoms with Crippen LogP contribution in [0.4, 0.5) is 9.52 Å². The number of nitrogens with zero attached hydrogens (tertiary/aromatic N) is 3. The van der Waals surface area contributed by atoms with Crippen LogP contribution < -0.4 is 4.90 Å². The smallest absolute Gasteiger partial charge is 0.301 e. The number of hydrogen-bond acceptors (Lipinski definition) is 7. The average Bonchev–Trinajstić information content (AvgIpc) is 3.32. The SMILES string of the molecule is CSc1nnc(N2C(=O)C(=O)C(=C(O)c3ccccc3)[C@H]2c2ccc(F)cc2)s1. The Morgan fingerprint density at radius 3 is 2.41 bits per heavy atom. The Balaban J connectivity index is 1.93. The van der Waals surface area contributed by atoms with Gasteiger partial charge in [0.05, 0.1) is 11.6 Å². The van der Waals surface area contributed by atoms with Crippen molar-refractivity contribution in [2.75, 3.05) is 11.2 Å². The Hall–Kier alpha value is -3.04. The molecule has 0 bridgehead atoms. The number of benzene rings is 2. The minimum absolute atomic E-state index is 0.0753. The third-order valence-electron chi connectivity index (χ3n) is 4.45. The van der Waals surface area contributed by atoms with Crippen molar-refractivity contribution in [3.05, 3.63) is 77.1 Å². The molecule has 1 aliphatic rings. The number of thioether (sulfide) groups is 1. The molecule has 29 heavy (non-hydrogen) atoms. The number of hydrogen-bond donors (Lipinski definition) is 1. The first-order chi connectivity index (χ1) is 14.0. The molecule has 0 radical (unpaired) electrons. The second-order valence-corrected chi connectivity index (χ2v) is 8.15. The maximum Gasteiger partial charge on any atom is 0.301 e. The first kappa shape index (κ1) is 19.3. The molecule has 1 atom stereocenters. The molecule has 0 saturated carbocycles. The van der Waals surface area contributed by atoms with Gasteiger partial charge in [0.25, 0.3) is 5.78 Å². The summed E-state index contributed by atoms with van der Waals surface area (Å²) >= 11 is 2.53. The van der Waals surface area contributed by atoms with Crippen LogP contribution in [-0.2, 0) is 9.59 Å². The monoisotopic (exact) mass is 427 g/mol. The summed E-state index contributed by atoms with van der Waals surface area (Å²) in [5.41, 5.74) is 0.803. The molecule has 6 nitrogen and oxygen atoms in total. The standard InChI is InChI=1S/C20H14FN3O3S2/c1-28-20-23-22-19(29-20)24-15(11-7-9-13(21)10-8-11)14(17(26)18(24)27)16(25)12-5-3-2-4-6-12/h2-10,15,25H,1H3/t15-/m1/s1. The second kappa shape index (κ2) is 7.76. The van der Waals surface area contributed by atoms with Crippen LogP contribution in [0.5, 0.6) is 0 Å². The van der Waals surface area contributed by atoms with Gasteiger partial charge in [0.1, 0.15) is 11.6 Å². The largest absolute Gasteiger partial charge is 0.507 e. The van der Waals surface area contributed by atoms with Crippen molar-refractivity contribution in [2.45, 2.75) is 10.4 Å². The number of anilines is 1. The molecule has 1 amide bonds. The molecule has 1 saturated heterocycles. The Labute approximate surface area is 173 Å². The van der Waals surface area contributed by atoms with Crippen molar-refractivity contribution < 1.29 is 19.1 Å². The summed E-state index contributed by atoms with van der Waals surface area (Å²) in [5.74, 6) is -2.40. The van der Waals surface area contributed by atoms with E-state index >= 15 is 0 Å². The molecule has 0 unspecified atom stereocenters. The van der Waals surface area contributed by atoms with Crippen molar-refractivity contribution in [3.63, 3.8) is 0 Å². The number of halogens is 1. The molecule has 9 heteroatoms. The maximum atomic E-state index is 13.5. The predicted molar refractivity (Wildman–Crippen MR) is 109 cm³/mol. The third-order valence-corrected chi connectivity index (χ3v) is 6.35. The van der Waals surface area contributed by atoms with Crippen LogP contribution >= 0.6 is 23.1 Å². The molecular formula is C20H14FN3O3S2. The van der Waals surface area contributed by atoms with Crippen LogP contribution in [0.2, 0.25) is 0 Å². The highest BCUT2D eigenvalue weighted by molar-refractivity contribution is 8.00. The topological polar surface area (TPSA) is 83.4 Å². The lowest BCUT2D eigenvalue weighted by atomic mass is 9.95. The first-order valence-electron chi connectivity index (χ1n) is 8.50.